The Kier molecular flexibility index (Phi) is 3.58. The summed E-state index contributed by atoms with van der Waals surface area (Å²) in [5.74, 6) is -1.51. The van der Waals surface area contributed by atoms with Gasteiger partial charge in [-0.15, -0.1) is 0 Å². The van der Waals surface area contributed by atoms with Crippen molar-refractivity contribution < 1.29 is 19.3 Å². The number of hydrogen-bond acceptors (Lipinski definition) is 3. The zero-order valence-electron chi connectivity index (χ0n) is 16.9. The second-order valence-corrected chi connectivity index (χ2v) is 8.92. The average Bonchev–Trinajstić information content (AvgIpc) is 3.32. The molecule has 4 heterocycles. The maximum absolute atomic E-state index is 13.9. The van der Waals surface area contributed by atoms with E-state index in [0.717, 1.165) is 42.0 Å². The van der Waals surface area contributed by atoms with Crippen LogP contribution >= 0.6 is 0 Å². The molecule has 5 atom stereocenters. The minimum atomic E-state index is -1.00. The quantitative estimate of drug-likeness (QED) is 0.727. The summed E-state index contributed by atoms with van der Waals surface area (Å²) in [4.78, 5) is 45.6. The van der Waals surface area contributed by atoms with Gasteiger partial charge < -0.3 is 9.80 Å². The Morgan fingerprint density at radius 2 is 1.67 bits per heavy atom. The van der Waals surface area contributed by atoms with Crippen molar-refractivity contribution in [1.29, 1.82) is 0 Å². The first-order chi connectivity index (χ1) is 14.6. The summed E-state index contributed by atoms with van der Waals surface area (Å²) in [6.45, 7) is 0.817. The monoisotopic (exact) mass is 402 g/mol. The number of para-hydroxylation sites is 2. The maximum atomic E-state index is 13.9. The van der Waals surface area contributed by atoms with E-state index in [0.29, 0.717) is 5.69 Å². The number of quaternary nitrogens is 1. The van der Waals surface area contributed by atoms with Crippen molar-refractivity contribution in [3.63, 3.8) is 0 Å². The fourth-order valence-electron chi connectivity index (χ4n) is 6.71. The molecule has 6 rings (SSSR count). The molecule has 3 amide bonds. The predicted molar refractivity (Wildman–Crippen MR) is 111 cm³/mol. The molecule has 0 radical (unpaired) electrons. The molecule has 0 bridgehead atoms. The zero-order valence-corrected chi connectivity index (χ0v) is 16.9. The van der Waals surface area contributed by atoms with Crippen LogP contribution in [0.1, 0.15) is 24.8 Å². The Labute approximate surface area is 175 Å². The van der Waals surface area contributed by atoms with Crippen molar-refractivity contribution in [2.24, 2.45) is 11.8 Å². The molecule has 152 valence electrons. The van der Waals surface area contributed by atoms with Gasteiger partial charge in [-0.1, -0.05) is 36.4 Å². The molecule has 6 heteroatoms. The van der Waals surface area contributed by atoms with E-state index in [1.807, 2.05) is 42.5 Å². The van der Waals surface area contributed by atoms with Gasteiger partial charge in [0.15, 0.2) is 0 Å². The van der Waals surface area contributed by atoms with Crippen molar-refractivity contribution >= 4 is 29.1 Å². The van der Waals surface area contributed by atoms with Gasteiger partial charge in [-0.3, -0.25) is 14.4 Å². The SMILES string of the molecule is CN1C(=O)[C@]2(c3ccccc31)[C@@H]1C(=O)N(c3ccccc3)C(=O)[C@@H]1[C@H]1CCCC[NH+]12. The average molecular weight is 402 g/mol. The lowest BCUT2D eigenvalue weighted by Gasteiger charge is -2.39. The van der Waals surface area contributed by atoms with Crippen molar-refractivity contribution in [2.45, 2.75) is 30.8 Å². The third kappa shape index (κ3) is 1.90. The number of anilines is 2. The lowest BCUT2D eigenvalue weighted by molar-refractivity contribution is -0.965. The summed E-state index contributed by atoms with van der Waals surface area (Å²) >= 11 is 0. The number of benzene rings is 2. The number of hydrogen-bond donors (Lipinski definition) is 1. The Bertz CT molecular complexity index is 1080. The molecule has 2 aromatic rings. The molecule has 0 aromatic heterocycles. The highest BCUT2D eigenvalue weighted by atomic mass is 16.2. The van der Waals surface area contributed by atoms with E-state index in [2.05, 4.69) is 0 Å². The number of imide groups is 1. The molecule has 4 aliphatic heterocycles. The fraction of sp³-hybridized carbons (Fsp3) is 0.375. The highest BCUT2D eigenvalue weighted by Crippen LogP contribution is 2.53. The largest absolute Gasteiger partial charge is 0.315 e. The Morgan fingerprint density at radius 3 is 2.47 bits per heavy atom. The van der Waals surface area contributed by atoms with Crippen molar-refractivity contribution in [2.75, 3.05) is 23.4 Å². The van der Waals surface area contributed by atoms with Gasteiger partial charge in [0, 0.05) is 19.0 Å². The van der Waals surface area contributed by atoms with Crippen LogP contribution in [0.3, 0.4) is 0 Å². The fourth-order valence-corrected chi connectivity index (χ4v) is 6.71. The molecule has 2 aromatic carbocycles. The Hall–Kier alpha value is -2.99. The minimum absolute atomic E-state index is 0.00239. The molecule has 1 spiro atoms. The van der Waals surface area contributed by atoms with Gasteiger partial charge in [0.2, 0.25) is 17.4 Å². The number of nitrogens with zero attached hydrogens (tertiary/aromatic N) is 2. The van der Waals surface area contributed by atoms with Crippen LogP contribution in [0, 0.1) is 11.8 Å². The van der Waals surface area contributed by atoms with Gasteiger partial charge in [0.05, 0.1) is 17.9 Å². The van der Waals surface area contributed by atoms with Crippen LogP contribution in [0.2, 0.25) is 0 Å². The van der Waals surface area contributed by atoms with Gasteiger partial charge in [-0.25, -0.2) is 4.90 Å². The molecule has 30 heavy (non-hydrogen) atoms. The molecule has 0 aliphatic carbocycles. The van der Waals surface area contributed by atoms with Crippen LogP contribution in [0.4, 0.5) is 11.4 Å². The number of piperidine rings is 1. The summed E-state index contributed by atoms with van der Waals surface area (Å²) in [5.41, 5.74) is 1.36. The van der Waals surface area contributed by atoms with Gasteiger partial charge in [-0.05, 0) is 31.0 Å². The van der Waals surface area contributed by atoms with Crippen molar-refractivity contribution in [1.82, 2.24) is 0 Å². The molecule has 0 saturated carbocycles. The zero-order chi connectivity index (χ0) is 20.6. The summed E-state index contributed by atoms with van der Waals surface area (Å²) in [7, 11) is 1.79. The standard InChI is InChI=1S/C24H23N3O3/c1-25-17-12-6-5-11-16(17)24(23(25)30)20-19(18-13-7-8-14-26(18)24)21(28)27(22(20)29)15-9-3-2-4-10-15/h2-6,9-12,18-20H,7-8,13-14H2,1H3/p+1/t18-,19-,20+,24+/m1/s1. The molecular formula is C24H24N3O3+. The van der Waals surface area contributed by atoms with Gasteiger partial charge in [0.25, 0.3) is 5.91 Å². The van der Waals surface area contributed by atoms with Crippen molar-refractivity contribution in [3.05, 3.63) is 60.2 Å². The van der Waals surface area contributed by atoms with E-state index in [-0.39, 0.29) is 23.8 Å². The molecule has 6 nitrogen and oxygen atoms in total. The van der Waals surface area contributed by atoms with Crippen LogP contribution in [0.15, 0.2) is 54.6 Å². The highest BCUT2D eigenvalue weighted by molar-refractivity contribution is 6.25. The summed E-state index contributed by atoms with van der Waals surface area (Å²) in [6, 6.07) is 16.9. The molecule has 1 N–H and O–H groups in total. The third-order valence-electron chi connectivity index (χ3n) is 7.76. The maximum Gasteiger partial charge on any atom is 0.294 e. The predicted octanol–water partition coefficient (Wildman–Crippen LogP) is 1.12. The first-order valence-electron chi connectivity index (χ1n) is 10.7. The number of carbonyl (C=O) groups is 3. The molecule has 4 aliphatic rings. The van der Waals surface area contributed by atoms with Gasteiger partial charge >= 0.3 is 0 Å². The highest BCUT2D eigenvalue weighted by Gasteiger charge is 2.78. The van der Waals surface area contributed by atoms with Crippen molar-refractivity contribution in [3.8, 4) is 0 Å². The minimum Gasteiger partial charge on any atom is -0.315 e. The molecule has 3 saturated heterocycles. The lowest BCUT2D eigenvalue weighted by atomic mass is 9.76. The van der Waals surface area contributed by atoms with E-state index in [1.165, 1.54) is 4.90 Å². The number of carbonyl (C=O) groups excluding carboxylic acids is 3. The Balaban J connectivity index is 1.59. The molecule has 3 fully saturated rings. The number of fused-ring (bicyclic) bond motifs is 7. The number of nitrogens with one attached hydrogen (secondary N) is 1. The van der Waals surface area contributed by atoms with E-state index >= 15 is 0 Å². The van der Waals surface area contributed by atoms with Crippen LogP contribution in [0.25, 0.3) is 0 Å². The van der Waals surface area contributed by atoms with Crippen LogP contribution in [-0.4, -0.2) is 37.4 Å². The Morgan fingerprint density at radius 1 is 0.933 bits per heavy atom. The van der Waals surface area contributed by atoms with Crippen LogP contribution in [-0.2, 0) is 19.9 Å². The number of rotatable bonds is 1. The summed E-state index contributed by atoms with van der Waals surface area (Å²) in [6.07, 6.45) is 2.92. The van der Waals surface area contributed by atoms with E-state index in [4.69, 9.17) is 0 Å². The van der Waals surface area contributed by atoms with Gasteiger partial charge in [0.1, 0.15) is 17.9 Å². The third-order valence-corrected chi connectivity index (χ3v) is 7.76. The van der Waals surface area contributed by atoms with E-state index in [1.54, 1.807) is 24.1 Å². The molecule has 1 unspecified atom stereocenters. The normalized spacial score (nSPS) is 34.5. The van der Waals surface area contributed by atoms with Gasteiger partial charge in [-0.2, -0.15) is 0 Å². The van der Waals surface area contributed by atoms with E-state index in [9.17, 15) is 14.4 Å². The summed E-state index contributed by atoms with van der Waals surface area (Å²) in [5, 5.41) is 0. The first-order valence-corrected chi connectivity index (χ1v) is 10.7. The van der Waals surface area contributed by atoms with E-state index < -0.39 is 17.4 Å². The molecular weight excluding hydrogens is 378 g/mol. The second-order valence-electron chi connectivity index (χ2n) is 8.92. The summed E-state index contributed by atoms with van der Waals surface area (Å²) < 4.78 is 0. The smallest absolute Gasteiger partial charge is 0.294 e. The topological polar surface area (TPSA) is 62.1 Å². The lowest BCUT2D eigenvalue weighted by Crippen LogP contribution is -3.22. The van der Waals surface area contributed by atoms with Crippen LogP contribution < -0.4 is 14.7 Å². The number of amides is 3. The van der Waals surface area contributed by atoms with Crippen LogP contribution in [0.5, 0.6) is 0 Å². The second kappa shape index (κ2) is 6.01. The first kappa shape index (κ1) is 17.8. The number of likely N-dealkylation sites (N-methyl/N-ethyl adjacent to an activating group) is 1.